The van der Waals surface area contributed by atoms with Crippen molar-refractivity contribution in [3.05, 3.63) is 0 Å². The van der Waals surface area contributed by atoms with Crippen LogP contribution in [-0.2, 0) is 0 Å². The Hall–Kier alpha value is 0.500. The van der Waals surface area contributed by atoms with Crippen molar-refractivity contribution in [2.45, 2.75) is 6.42 Å². The summed E-state index contributed by atoms with van der Waals surface area (Å²) in [4.78, 5) is 2.26. The molecule has 1 rings (SSSR count). The van der Waals surface area contributed by atoms with Gasteiger partial charge in [0.15, 0.2) is 0 Å². The molecule has 0 aliphatic carbocycles. The molecule has 0 saturated carbocycles. The molecule has 1 saturated heterocycles. The van der Waals surface area contributed by atoms with E-state index in [1.54, 1.807) is 0 Å². The topological polar surface area (TPSA) is 15.3 Å². The Balaban J connectivity index is 0. The molecule has 11 heavy (non-hydrogen) atoms. The van der Waals surface area contributed by atoms with Crippen LogP contribution in [0.2, 0.25) is 0 Å². The fourth-order valence-corrected chi connectivity index (χ4v) is 1.39. The summed E-state index contributed by atoms with van der Waals surface area (Å²) < 4.78 is 0. The van der Waals surface area contributed by atoms with E-state index in [2.05, 4.69) is 24.3 Å². The van der Waals surface area contributed by atoms with Crippen LogP contribution in [0.4, 0.5) is 0 Å². The van der Waals surface area contributed by atoms with Gasteiger partial charge in [0.2, 0.25) is 0 Å². The van der Waals surface area contributed by atoms with Crippen molar-refractivity contribution >= 4 is 24.8 Å². The van der Waals surface area contributed by atoms with E-state index >= 15 is 0 Å². The van der Waals surface area contributed by atoms with Crippen LogP contribution in [0.3, 0.4) is 0 Å². The zero-order valence-corrected chi connectivity index (χ0v) is 8.80. The van der Waals surface area contributed by atoms with Crippen molar-refractivity contribution in [3.63, 3.8) is 0 Å². The third-order valence-electron chi connectivity index (χ3n) is 1.79. The quantitative estimate of drug-likeness (QED) is 0.717. The number of nitrogens with one attached hydrogen (secondary N) is 1. The molecular formula is C7H18Cl2N2. The van der Waals surface area contributed by atoms with E-state index < -0.39 is 0 Å². The maximum Gasteiger partial charge on any atom is 0.00162 e. The minimum absolute atomic E-state index is 0. The maximum atomic E-state index is 3.35. The van der Waals surface area contributed by atoms with Crippen LogP contribution in [0, 0.1) is 5.92 Å². The van der Waals surface area contributed by atoms with Gasteiger partial charge in [-0.25, -0.2) is 0 Å². The number of hydrogen-bond acceptors (Lipinski definition) is 2. The van der Waals surface area contributed by atoms with Crippen molar-refractivity contribution < 1.29 is 0 Å². The molecule has 0 unspecified atom stereocenters. The van der Waals surface area contributed by atoms with E-state index in [0.29, 0.717) is 0 Å². The van der Waals surface area contributed by atoms with Crippen molar-refractivity contribution in [1.29, 1.82) is 0 Å². The summed E-state index contributed by atoms with van der Waals surface area (Å²) >= 11 is 0. The first-order chi connectivity index (χ1) is 4.29. The van der Waals surface area contributed by atoms with Crippen molar-refractivity contribution in [3.8, 4) is 0 Å². The van der Waals surface area contributed by atoms with Gasteiger partial charge in [-0.3, -0.25) is 0 Å². The van der Waals surface area contributed by atoms with Gasteiger partial charge in [-0.15, -0.1) is 24.8 Å². The highest BCUT2D eigenvalue weighted by Crippen LogP contribution is 2.06. The zero-order valence-electron chi connectivity index (χ0n) is 7.17. The van der Waals surface area contributed by atoms with Crippen LogP contribution in [0.25, 0.3) is 0 Å². The predicted octanol–water partition coefficient (Wildman–Crippen LogP) is 1.00. The highest BCUT2D eigenvalue weighted by atomic mass is 35.5. The van der Waals surface area contributed by atoms with Crippen LogP contribution < -0.4 is 5.32 Å². The molecule has 1 N–H and O–H groups in total. The van der Waals surface area contributed by atoms with Crippen LogP contribution in [0.5, 0.6) is 0 Å². The summed E-state index contributed by atoms with van der Waals surface area (Å²) in [6.45, 7) is 3.68. The molecule has 1 aliphatic heterocycles. The summed E-state index contributed by atoms with van der Waals surface area (Å²) in [5.74, 6) is 0.903. The number of rotatable bonds is 2. The van der Waals surface area contributed by atoms with E-state index in [1.165, 1.54) is 26.1 Å². The van der Waals surface area contributed by atoms with Gasteiger partial charge in [-0.05, 0) is 39.5 Å². The van der Waals surface area contributed by atoms with E-state index in [9.17, 15) is 0 Å². The first-order valence-corrected chi connectivity index (χ1v) is 3.64. The maximum absolute atomic E-state index is 3.35. The normalized spacial score (nSPS) is 22.6. The van der Waals surface area contributed by atoms with Crippen LogP contribution in [0.15, 0.2) is 0 Å². The molecule has 0 spiro atoms. The van der Waals surface area contributed by atoms with Gasteiger partial charge < -0.3 is 10.2 Å². The van der Waals surface area contributed by atoms with Gasteiger partial charge in [0, 0.05) is 6.54 Å². The van der Waals surface area contributed by atoms with Gasteiger partial charge in [-0.2, -0.15) is 0 Å². The van der Waals surface area contributed by atoms with Gasteiger partial charge in [-0.1, -0.05) is 0 Å². The highest BCUT2D eigenvalue weighted by molar-refractivity contribution is 5.85. The number of nitrogens with zero attached hydrogens (tertiary/aromatic N) is 1. The summed E-state index contributed by atoms with van der Waals surface area (Å²) in [7, 11) is 4.27. The molecule has 0 aromatic rings. The Bertz CT molecular complexity index is 82.5. The average Bonchev–Trinajstić information content (AvgIpc) is 2.15. The molecule has 0 aromatic heterocycles. The van der Waals surface area contributed by atoms with E-state index in [-0.39, 0.29) is 24.8 Å². The number of halogens is 2. The molecule has 4 heteroatoms. The molecule has 2 nitrogen and oxygen atoms in total. The Kier molecular flexibility index (Phi) is 9.15. The summed E-state index contributed by atoms with van der Waals surface area (Å²) in [6, 6.07) is 0. The lowest BCUT2D eigenvalue weighted by molar-refractivity contribution is 0.339. The molecule has 0 radical (unpaired) electrons. The summed E-state index contributed by atoms with van der Waals surface area (Å²) in [5, 5.41) is 3.35. The summed E-state index contributed by atoms with van der Waals surface area (Å²) in [6.07, 6.45) is 1.36. The average molecular weight is 201 g/mol. The monoisotopic (exact) mass is 200 g/mol. The zero-order chi connectivity index (χ0) is 6.69. The van der Waals surface area contributed by atoms with Gasteiger partial charge in [0.1, 0.15) is 0 Å². The minimum Gasteiger partial charge on any atom is -0.316 e. The Morgan fingerprint density at radius 1 is 1.36 bits per heavy atom. The third-order valence-corrected chi connectivity index (χ3v) is 1.79. The van der Waals surface area contributed by atoms with Crippen LogP contribution >= 0.6 is 24.8 Å². The standard InChI is InChI=1S/C7H16N2.2ClH/c1-9(2)6-7-3-4-8-5-7;;/h7-8H,3-6H2,1-2H3;2*1H/t7-;;/m0../s1. The second-order valence-electron chi connectivity index (χ2n) is 3.12. The lowest BCUT2D eigenvalue weighted by atomic mass is 10.1. The predicted molar refractivity (Wildman–Crippen MR) is 54.0 cm³/mol. The molecular weight excluding hydrogens is 183 g/mol. The first-order valence-electron chi connectivity index (χ1n) is 3.64. The molecule has 0 aromatic carbocycles. The van der Waals surface area contributed by atoms with Crippen LogP contribution in [-0.4, -0.2) is 38.6 Å². The van der Waals surface area contributed by atoms with E-state index in [1.807, 2.05) is 0 Å². The second-order valence-corrected chi connectivity index (χ2v) is 3.12. The highest BCUT2D eigenvalue weighted by Gasteiger charge is 2.13. The lowest BCUT2D eigenvalue weighted by Gasteiger charge is -2.13. The SMILES string of the molecule is CN(C)C[C@H]1CCNC1.Cl.Cl. The molecule has 0 bridgehead atoms. The molecule has 70 valence electrons. The first kappa shape index (κ1) is 14.0. The third kappa shape index (κ3) is 5.74. The minimum atomic E-state index is 0. The Morgan fingerprint density at radius 2 is 2.00 bits per heavy atom. The second kappa shape index (κ2) is 7.17. The Labute approximate surface area is 81.5 Å². The summed E-state index contributed by atoms with van der Waals surface area (Å²) in [5.41, 5.74) is 0. The van der Waals surface area contributed by atoms with Crippen molar-refractivity contribution in [1.82, 2.24) is 10.2 Å². The molecule has 1 heterocycles. The fourth-order valence-electron chi connectivity index (χ4n) is 1.39. The van der Waals surface area contributed by atoms with Gasteiger partial charge in [0.25, 0.3) is 0 Å². The van der Waals surface area contributed by atoms with E-state index in [0.717, 1.165) is 5.92 Å². The molecule has 0 amide bonds. The van der Waals surface area contributed by atoms with Crippen LogP contribution in [0.1, 0.15) is 6.42 Å². The molecule has 1 aliphatic rings. The lowest BCUT2D eigenvalue weighted by Crippen LogP contribution is -2.23. The Morgan fingerprint density at radius 3 is 2.36 bits per heavy atom. The van der Waals surface area contributed by atoms with Gasteiger partial charge in [0.05, 0.1) is 0 Å². The van der Waals surface area contributed by atoms with Crippen molar-refractivity contribution in [2.75, 3.05) is 33.7 Å². The largest absolute Gasteiger partial charge is 0.316 e. The van der Waals surface area contributed by atoms with Crippen molar-refractivity contribution in [2.24, 2.45) is 5.92 Å². The molecule has 1 atom stereocenters. The fraction of sp³-hybridized carbons (Fsp3) is 1.00. The number of hydrogen-bond donors (Lipinski definition) is 1. The van der Waals surface area contributed by atoms with Gasteiger partial charge >= 0.3 is 0 Å². The smallest absolute Gasteiger partial charge is 0.00162 e. The molecule has 1 fully saturated rings. The van der Waals surface area contributed by atoms with E-state index in [4.69, 9.17) is 0 Å².